The van der Waals surface area contributed by atoms with Crippen molar-refractivity contribution in [1.82, 2.24) is 14.5 Å². The SMILES string of the molecule is Cc1nn(C)c(C)c1S(=O)(=O)NCCCCCI. The first kappa shape index (κ1) is 15.9. The molecule has 1 N–H and O–H groups in total. The van der Waals surface area contributed by atoms with E-state index >= 15 is 0 Å². The van der Waals surface area contributed by atoms with Crippen LogP contribution >= 0.6 is 22.6 Å². The lowest BCUT2D eigenvalue weighted by Crippen LogP contribution is -2.25. The Bertz CT molecular complexity index is 497. The van der Waals surface area contributed by atoms with Crippen molar-refractivity contribution in [2.24, 2.45) is 7.05 Å². The number of sulfonamides is 1. The van der Waals surface area contributed by atoms with Gasteiger partial charge in [-0.15, -0.1) is 0 Å². The molecule has 1 aromatic heterocycles. The highest BCUT2D eigenvalue weighted by Crippen LogP contribution is 2.18. The standard InChI is InChI=1S/C11H20IN3O2S/c1-9-11(10(2)15(3)14-9)18(16,17)13-8-6-4-5-7-12/h13H,4-8H2,1-3H3. The van der Waals surface area contributed by atoms with Crippen LogP contribution in [0.4, 0.5) is 0 Å². The fourth-order valence-corrected chi connectivity index (χ4v) is 3.87. The van der Waals surface area contributed by atoms with Crippen LogP contribution in [0.5, 0.6) is 0 Å². The molecule has 18 heavy (non-hydrogen) atoms. The molecule has 0 aliphatic rings. The normalized spacial score (nSPS) is 12.0. The van der Waals surface area contributed by atoms with E-state index in [2.05, 4.69) is 32.4 Å². The molecular formula is C11H20IN3O2S. The summed E-state index contributed by atoms with van der Waals surface area (Å²) in [5.41, 5.74) is 1.22. The molecule has 1 rings (SSSR count). The molecule has 1 aromatic rings. The minimum absolute atomic E-state index is 0.318. The van der Waals surface area contributed by atoms with Gasteiger partial charge in [0.15, 0.2) is 0 Å². The molecule has 0 saturated heterocycles. The van der Waals surface area contributed by atoms with Gasteiger partial charge in [0.05, 0.1) is 11.4 Å². The lowest BCUT2D eigenvalue weighted by molar-refractivity contribution is 0.575. The second-order valence-electron chi connectivity index (χ2n) is 4.27. The van der Waals surface area contributed by atoms with Crippen LogP contribution in [0.15, 0.2) is 4.90 Å². The molecule has 0 bridgehead atoms. The molecule has 0 saturated carbocycles. The highest BCUT2D eigenvalue weighted by molar-refractivity contribution is 14.1. The van der Waals surface area contributed by atoms with Gasteiger partial charge in [0.1, 0.15) is 4.90 Å². The van der Waals surface area contributed by atoms with Crippen LogP contribution in [-0.2, 0) is 17.1 Å². The first-order valence-electron chi connectivity index (χ1n) is 5.96. The van der Waals surface area contributed by atoms with Gasteiger partial charge in [-0.2, -0.15) is 5.10 Å². The summed E-state index contributed by atoms with van der Waals surface area (Å²) in [5.74, 6) is 0. The fraction of sp³-hybridized carbons (Fsp3) is 0.727. The van der Waals surface area contributed by atoms with Crippen LogP contribution in [0.3, 0.4) is 0 Å². The second kappa shape index (κ2) is 6.85. The number of aryl methyl sites for hydroxylation is 2. The van der Waals surface area contributed by atoms with Gasteiger partial charge in [0, 0.05) is 13.6 Å². The highest BCUT2D eigenvalue weighted by atomic mass is 127. The number of hydrogen-bond acceptors (Lipinski definition) is 3. The van der Waals surface area contributed by atoms with Crippen molar-refractivity contribution in [3.05, 3.63) is 11.4 Å². The van der Waals surface area contributed by atoms with E-state index < -0.39 is 10.0 Å². The van der Waals surface area contributed by atoms with Crippen molar-refractivity contribution in [3.63, 3.8) is 0 Å². The van der Waals surface area contributed by atoms with E-state index in [0.29, 0.717) is 22.8 Å². The molecule has 0 unspecified atom stereocenters. The van der Waals surface area contributed by atoms with E-state index in [9.17, 15) is 8.42 Å². The maximum Gasteiger partial charge on any atom is 0.244 e. The van der Waals surface area contributed by atoms with Gasteiger partial charge >= 0.3 is 0 Å². The molecule has 0 aliphatic heterocycles. The molecule has 104 valence electrons. The maximum absolute atomic E-state index is 12.2. The summed E-state index contributed by atoms with van der Waals surface area (Å²) in [7, 11) is -1.67. The van der Waals surface area contributed by atoms with Crippen molar-refractivity contribution in [3.8, 4) is 0 Å². The van der Waals surface area contributed by atoms with Crippen molar-refractivity contribution in [2.75, 3.05) is 11.0 Å². The monoisotopic (exact) mass is 385 g/mol. The lowest BCUT2D eigenvalue weighted by Gasteiger charge is -2.06. The molecule has 0 radical (unpaired) electrons. The van der Waals surface area contributed by atoms with Crippen LogP contribution in [-0.4, -0.2) is 29.2 Å². The van der Waals surface area contributed by atoms with E-state index in [1.165, 1.54) is 0 Å². The number of hydrogen-bond donors (Lipinski definition) is 1. The molecule has 7 heteroatoms. The molecule has 0 fully saturated rings. The summed E-state index contributed by atoms with van der Waals surface area (Å²) < 4.78 is 29.7. The Balaban J connectivity index is 2.69. The number of nitrogens with zero attached hydrogens (tertiary/aromatic N) is 2. The third-order valence-corrected chi connectivity index (χ3v) is 5.29. The minimum Gasteiger partial charge on any atom is -0.271 e. The van der Waals surface area contributed by atoms with E-state index in [0.717, 1.165) is 23.7 Å². The second-order valence-corrected chi connectivity index (χ2v) is 7.05. The average molecular weight is 385 g/mol. The number of rotatable bonds is 7. The highest BCUT2D eigenvalue weighted by Gasteiger charge is 2.22. The quantitative estimate of drug-likeness (QED) is 0.443. The smallest absolute Gasteiger partial charge is 0.244 e. The molecule has 0 spiro atoms. The predicted molar refractivity (Wildman–Crippen MR) is 80.6 cm³/mol. The Morgan fingerprint density at radius 1 is 1.28 bits per heavy atom. The van der Waals surface area contributed by atoms with Crippen molar-refractivity contribution in [2.45, 2.75) is 38.0 Å². The van der Waals surface area contributed by atoms with Crippen LogP contribution in [0.2, 0.25) is 0 Å². The number of alkyl halides is 1. The molecule has 0 aromatic carbocycles. The molecule has 1 heterocycles. The average Bonchev–Trinajstić information content (AvgIpc) is 2.53. The van der Waals surface area contributed by atoms with Gasteiger partial charge < -0.3 is 0 Å². The van der Waals surface area contributed by atoms with Crippen molar-refractivity contribution < 1.29 is 8.42 Å². The molecule has 0 amide bonds. The molecule has 5 nitrogen and oxygen atoms in total. The van der Waals surface area contributed by atoms with Crippen LogP contribution < -0.4 is 4.72 Å². The van der Waals surface area contributed by atoms with Gasteiger partial charge in [0.25, 0.3) is 0 Å². The van der Waals surface area contributed by atoms with Crippen molar-refractivity contribution >= 4 is 32.6 Å². The summed E-state index contributed by atoms with van der Waals surface area (Å²) in [6, 6.07) is 0. The Morgan fingerprint density at radius 2 is 1.94 bits per heavy atom. The molecule has 0 aliphatic carbocycles. The van der Waals surface area contributed by atoms with E-state index in [4.69, 9.17) is 0 Å². The summed E-state index contributed by atoms with van der Waals surface area (Å²) in [5, 5.41) is 4.13. The first-order chi connectivity index (χ1) is 8.40. The zero-order valence-corrected chi connectivity index (χ0v) is 14.0. The van der Waals surface area contributed by atoms with Crippen LogP contribution in [0, 0.1) is 13.8 Å². The van der Waals surface area contributed by atoms with E-state index in [-0.39, 0.29) is 0 Å². The van der Waals surface area contributed by atoms with Gasteiger partial charge in [-0.25, -0.2) is 13.1 Å². The number of halogens is 1. The van der Waals surface area contributed by atoms with Gasteiger partial charge in [0.2, 0.25) is 10.0 Å². The van der Waals surface area contributed by atoms with Crippen molar-refractivity contribution in [1.29, 1.82) is 0 Å². The molecule has 0 atom stereocenters. The Kier molecular flexibility index (Phi) is 6.06. The largest absolute Gasteiger partial charge is 0.271 e. The van der Waals surface area contributed by atoms with Gasteiger partial charge in [-0.1, -0.05) is 29.0 Å². The zero-order valence-electron chi connectivity index (χ0n) is 11.0. The lowest BCUT2D eigenvalue weighted by atomic mass is 10.3. The number of unbranched alkanes of at least 4 members (excludes halogenated alkanes) is 2. The summed E-state index contributed by atoms with van der Waals surface area (Å²) in [6.07, 6.45) is 3.06. The topological polar surface area (TPSA) is 64.0 Å². The maximum atomic E-state index is 12.2. The Hall–Kier alpha value is -0.150. The number of aromatic nitrogens is 2. The third-order valence-electron chi connectivity index (χ3n) is 2.81. The Morgan fingerprint density at radius 3 is 2.44 bits per heavy atom. The van der Waals surface area contributed by atoms with Gasteiger partial charge in [-0.05, 0) is 31.1 Å². The van der Waals surface area contributed by atoms with E-state index in [1.807, 2.05) is 0 Å². The van der Waals surface area contributed by atoms with Gasteiger partial charge in [-0.3, -0.25) is 4.68 Å². The third kappa shape index (κ3) is 3.92. The summed E-state index contributed by atoms with van der Waals surface area (Å²) >= 11 is 2.33. The molecular weight excluding hydrogens is 365 g/mol. The van der Waals surface area contributed by atoms with Crippen LogP contribution in [0.1, 0.15) is 30.7 Å². The zero-order chi connectivity index (χ0) is 13.8. The fourth-order valence-electron chi connectivity index (χ4n) is 1.82. The predicted octanol–water partition coefficient (Wildman–Crippen LogP) is 1.92. The number of nitrogens with one attached hydrogen (secondary N) is 1. The minimum atomic E-state index is -3.42. The van der Waals surface area contributed by atoms with Crippen LogP contribution in [0.25, 0.3) is 0 Å². The summed E-state index contributed by atoms with van der Waals surface area (Å²) in [4.78, 5) is 0.318. The summed E-state index contributed by atoms with van der Waals surface area (Å²) in [6.45, 7) is 3.98. The Labute approximate surface area is 123 Å². The first-order valence-corrected chi connectivity index (χ1v) is 8.97. The van der Waals surface area contributed by atoms with E-state index in [1.54, 1.807) is 25.6 Å².